The van der Waals surface area contributed by atoms with Crippen LogP contribution in [0.15, 0.2) is 41.0 Å². The van der Waals surface area contributed by atoms with Crippen molar-refractivity contribution < 1.29 is 32.6 Å². The third kappa shape index (κ3) is 5.93. The summed E-state index contributed by atoms with van der Waals surface area (Å²) in [5.74, 6) is 0. The zero-order chi connectivity index (χ0) is 15.2. The van der Waals surface area contributed by atoms with Gasteiger partial charge in [-0.2, -0.15) is 0 Å². The summed E-state index contributed by atoms with van der Waals surface area (Å²) in [5.41, 5.74) is 6.83. The van der Waals surface area contributed by atoms with Gasteiger partial charge in [0.1, 0.15) is 0 Å². The molecule has 0 heterocycles. The van der Waals surface area contributed by atoms with Crippen LogP contribution in [0.2, 0.25) is 0 Å². The Morgan fingerprint density at radius 2 is 1.17 bits per heavy atom. The molecule has 0 saturated carbocycles. The van der Waals surface area contributed by atoms with Crippen LogP contribution in [0.5, 0.6) is 0 Å². The minimum absolute atomic E-state index is 0. The number of unbranched alkanes of at least 4 members (excludes halogenated alkanes) is 2. The van der Waals surface area contributed by atoms with Crippen LogP contribution in [0.25, 0.3) is 0 Å². The Bertz CT molecular complexity index is 464. The van der Waals surface area contributed by atoms with Gasteiger partial charge in [-0.05, 0) is 0 Å². The van der Waals surface area contributed by atoms with Gasteiger partial charge >= 0.3 is 143 Å². The van der Waals surface area contributed by atoms with Crippen LogP contribution in [0.1, 0.15) is 79.1 Å². The van der Waals surface area contributed by atoms with Gasteiger partial charge in [-0.3, -0.25) is 0 Å². The first-order valence-electron chi connectivity index (χ1n) is 8.72. The third-order valence-electron chi connectivity index (χ3n) is 4.72. The van der Waals surface area contributed by atoms with Crippen molar-refractivity contribution in [2.45, 2.75) is 79.1 Å². The molecule has 3 heteroatoms. The maximum absolute atomic E-state index is 2.49. The molecule has 0 amide bonds. The molecule has 2 rings (SSSR count). The SMILES string of the molecule is CCCCC1=[C]([Zr+2][C]2=C(CCCC)CC=C2C)C(C)=CC1.[F-].[F-]. The minimum Gasteiger partial charge on any atom is -1.00 e. The van der Waals surface area contributed by atoms with Gasteiger partial charge in [0.05, 0.1) is 0 Å². The zero-order valence-corrected chi connectivity index (χ0v) is 17.5. The quantitative estimate of drug-likeness (QED) is 0.563. The summed E-state index contributed by atoms with van der Waals surface area (Å²) < 4.78 is 3.68. The van der Waals surface area contributed by atoms with E-state index in [0.29, 0.717) is 0 Å². The normalized spacial score (nSPS) is 16.7. The van der Waals surface area contributed by atoms with Crippen molar-refractivity contribution in [1.82, 2.24) is 0 Å². The molecule has 2 aliphatic rings. The summed E-state index contributed by atoms with van der Waals surface area (Å²) in [4.78, 5) is 0. The molecule has 23 heavy (non-hydrogen) atoms. The van der Waals surface area contributed by atoms with Gasteiger partial charge in [-0.25, -0.2) is 0 Å². The molecule has 0 bridgehead atoms. The van der Waals surface area contributed by atoms with E-state index in [9.17, 15) is 0 Å². The fourth-order valence-corrected chi connectivity index (χ4v) is 7.32. The summed E-state index contributed by atoms with van der Waals surface area (Å²) in [6.07, 6.45) is 15.6. The molecule has 0 aromatic heterocycles. The summed E-state index contributed by atoms with van der Waals surface area (Å²) in [6, 6.07) is 0. The number of rotatable bonds is 8. The molecule has 0 N–H and O–H groups in total. The van der Waals surface area contributed by atoms with Crippen LogP contribution in [-0.2, 0) is 23.2 Å². The Kier molecular flexibility index (Phi) is 11.1. The smallest absolute Gasteiger partial charge is 1.00 e. The van der Waals surface area contributed by atoms with E-state index in [1.165, 1.54) is 51.4 Å². The fraction of sp³-hybridized carbons (Fsp3) is 0.600. The zero-order valence-electron chi connectivity index (χ0n) is 15.1. The standard InChI is InChI=1S/2C10H15.2FH.Zr/c2*1-3-4-5-10-7-6-9(2)8-10;;;/h2*6H,3-5,7H2,1-2H3;2*1H;/q;;;;+2/p-2. The first-order chi connectivity index (χ1) is 10.2. The second-order valence-electron chi connectivity index (χ2n) is 6.47. The Balaban J connectivity index is 0.00000242. The van der Waals surface area contributed by atoms with E-state index in [2.05, 4.69) is 39.8 Å². The second kappa shape index (κ2) is 11.3. The van der Waals surface area contributed by atoms with Crippen LogP contribution in [0, 0.1) is 0 Å². The molecule has 0 aliphatic heterocycles. The summed E-state index contributed by atoms with van der Waals surface area (Å²) in [5, 5.41) is 0. The van der Waals surface area contributed by atoms with Crippen molar-refractivity contribution in [3.63, 3.8) is 0 Å². The maximum atomic E-state index is 2.49. The first-order valence-corrected chi connectivity index (χ1v) is 11.2. The third-order valence-corrected chi connectivity index (χ3v) is 9.63. The Labute approximate surface area is 152 Å². The van der Waals surface area contributed by atoms with Crippen LogP contribution in [0.3, 0.4) is 0 Å². The largest absolute Gasteiger partial charge is 1.00 e. The van der Waals surface area contributed by atoms with E-state index in [1.54, 1.807) is 22.3 Å². The van der Waals surface area contributed by atoms with Crippen molar-refractivity contribution >= 4 is 0 Å². The summed E-state index contributed by atoms with van der Waals surface area (Å²) >= 11 is -0.585. The molecule has 128 valence electrons. The van der Waals surface area contributed by atoms with Crippen LogP contribution in [-0.4, -0.2) is 0 Å². The van der Waals surface area contributed by atoms with Crippen molar-refractivity contribution in [3.8, 4) is 0 Å². The maximum Gasteiger partial charge on any atom is -1.00 e. The molecule has 0 spiro atoms. The van der Waals surface area contributed by atoms with Gasteiger partial charge in [0.15, 0.2) is 0 Å². The Morgan fingerprint density at radius 3 is 1.52 bits per heavy atom. The van der Waals surface area contributed by atoms with E-state index in [4.69, 9.17) is 0 Å². The summed E-state index contributed by atoms with van der Waals surface area (Å²) in [6.45, 7) is 9.33. The van der Waals surface area contributed by atoms with Gasteiger partial charge in [0, 0.05) is 0 Å². The number of hydrogen-bond acceptors (Lipinski definition) is 0. The van der Waals surface area contributed by atoms with Crippen molar-refractivity contribution in [3.05, 3.63) is 41.0 Å². The molecule has 0 radical (unpaired) electrons. The predicted molar refractivity (Wildman–Crippen MR) is 89.9 cm³/mol. The molecular formula is C20H30F2Zr. The number of hydrogen-bond donors (Lipinski definition) is 0. The molecule has 0 aromatic rings. The van der Waals surface area contributed by atoms with Gasteiger partial charge in [-0.1, -0.05) is 0 Å². The molecule has 2 aliphatic carbocycles. The van der Waals surface area contributed by atoms with Gasteiger partial charge in [0.25, 0.3) is 0 Å². The molecule has 0 aromatic carbocycles. The molecule has 0 atom stereocenters. The predicted octanol–water partition coefficient (Wildman–Crippen LogP) is 0.666. The van der Waals surface area contributed by atoms with Crippen molar-refractivity contribution in [2.75, 3.05) is 0 Å². The van der Waals surface area contributed by atoms with Gasteiger partial charge in [-0.15, -0.1) is 0 Å². The molecule has 0 saturated heterocycles. The Morgan fingerprint density at radius 1 is 0.783 bits per heavy atom. The molecule has 0 fully saturated rings. The van der Waals surface area contributed by atoms with Crippen molar-refractivity contribution in [2.24, 2.45) is 0 Å². The average molecular weight is 400 g/mol. The van der Waals surface area contributed by atoms with Crippen molar-refractivity contribution in [1.29, 1.82) is 0 Å². The minimum atomic E-state index is -0.585. The summed E-state index contributed by atoms with van der Waals surface area (Å²) in [7, 11) is 0. The van der Waals surface area contributed by atoms with E-state index in [1.807, 2.05) is 6.56 Å². The van der Waals surface area contributed by atoms with E-state index in [-0.39, 0.29) is 9.41 Å². The van der Waals surface area contributed by atoms with E-state index < -0.39 is 23.2 Å². The molecular weight excluding hydrogens is 369 g/mol. The van der Waals surface area contributed by atoms with Crippen LogP contribution < -0.4 is 9.41 Å². The van der Waals surface area contributed by atoms with E-state index >= 15 is 0 Å². The monoisotopic (exact) mass is 398 g/mol. The number of halogens is 2. The fourth-order valence-electron chi connectivity index (χ4n) is 3.25. The Hall–Kier alpha value is -0.297. The second-order valence-corrected chi connectivity index (χ2v) is 9.54. The molecule has 0 unspecified atom stereocenters. The van der Waals surface area contributed by atoms with E-state index in [0.717, 1.165) is 0 Å². The molecule has 0 nitrogen and oxygen atoms in total. The van der Waals surface area contributed by atoms with Gasteiger partial charge < -0.3 is 9.41 Å². The topological polar surface area (TPSA) is 0 Å². The first kappa shape index (κ1) is 22.7. The average Bonchev–Trinajstić information content (AvgIpc) is 3.00. The number of allylic oxidation sites excluding steroid dienone is 8. The van der Waals surface area contributed by atoms with Gasteiger partial charge in [0.2, 0.25) is 0 Å². The van der Waals surface area contributed by atoms with Crippen LogP contribution >= 0.6 is 0 Å². The van der Waals surface area contributed by atoms with Crippen LogP contribution in [0.4, 0.5) is 0 Å².